The van der Waals surface area contributed by atoms with Crippen molar-refractivity contribution in [2.45, 2.75) is 33.9 Å². The van der Waals surface area contributed by atoms with E-state index in [1.54, 1.807) is 12.1 Å². The predicted molar refractivity (Wildman–Crippen MR) is 65.9 cm³/mol. The minimum absolute atomic E-state index is 0.0556. The second-order valence-electron chi connectivity index (χ2n) is 2.03. The first kappa shape index (κ1) is 15.7. The largest absolute Gasteiger partial charge is 0.504 e. The first-order valence-corrected chi connectivity index (χ1v) is 5.76. The summed E-state index contributed by atoms with van der Waals surface area (Å²) in [4.78, 5) is 0. The lowest BCUT2D eigenvalue weighted by Crippen LogP contribution is -1.75. The average Bonchev–Trinajstić information content (AvgIpc) is 2.28. The summed E-state index contributed by atoms with van der Waals surface area (Å²) in [6.45, 7) is 8.00. The average molecular weight is 216 g/mol. The third-order valence-electron chi connectivity index (χ3n) is 1.28. The predicted octanol–water partition coefficient (Wildman–Crippen LogP) is 3.53. The van der Waals surface area contributed by atoms with E-state index in [4.69, 9.17) is 10.2 Å². The highest BCUT2D eigenvalue weighted by Crippen LogP contribution is 2.25. The highest BCUT2D eigenvalue weighted by molar-refractivity contribution is 7.15. The molecule has 14 heavy (non-hydrogen) atoms. The lowest BCUT2D eigenvalue weighted by atomic mass is 10.2. The minimum Gasteiger partial charge on any atom is -0.504 e. The zero-order chi connectivity index (χ0) is 11.6. The maximum absolute atomic E-state index is 8.97. The topological polar surface area (TPSA) is 40.5 Å². The van der Waals surface area contributed by atoms with E-state index in [1.807, 2.05) is 27.7 Å². The molecule has 0 amide bonds. The zero-order valence-electron chi connectivity index (χ0n) is 9.41. The Hall–Kier alpha value is -0.750. The van der Waals surface area contributed by atoms with Gasteiger partial charge in [0.25, 0.3) is 0 Å². The number of aromatic hydroxyl groups is 2. The van der Waals surface area contributed by atoms with Crippen LogP contribution in [0.3, 0.4) is 0 Å². The van der Waals surface area contributed by atoms with Crippen molar-refractivity contribution in [3.05, 3.63) is 23.8 Å². The minimum atomic E-state index is -0.0674. The van der Waals surface area contributed by atoms with Crippen LogP contribution in [-0.2, 0) is 6.16 Å². The Morgan fingerprint density at radius 2 is 1.50 bits per heavy atom. The molecule has 0 fully saturated rings. The van der Waals surface area contributed by atoms with Gasteiger partial charge < -0.3 is 10.2 Å². The molecule has 0 aliphatic carbocycles. The van der Waals surface area contributed by atoms with Gasteiger partial charge in [0.15, 0.2) is 11.5 Å². The molecule has 0 radical (unpaired) electrons. The summed E-state index contributed by atoms with van der Waals surface area (Å²) in [7, 11) is 2.54. The van der Waals surface area contributed by atoms with Crippen molar-refractivity contribution < 1.29 is 10.2 Å². The number of phenolic OH excluding ortho intramolecular Hbond substituents is 2. The van der Waals surface area contributed by atoms with Crippen molar-refractivity contribution in [3.8, 4) is 11.5 Å². The van der Waals surface area contributed by atoms with Gasteiger partial charge in [0, 0.05) is 0 Å². The first-order chi connectivity index (χ1) is 6.74. The van der Waals surface area contributed by atoms with Gasteiger partial charge in [-0.3, -0.25) is 0 Å². The van der Waals surface area contributed by atoms with Gasteiger partial charge in [-0.05, 0) is 23.9 Å². The molecule has 0 bridgehead atoms. The number of hydrogen-bond acceptors (Lipinski definition) is 2. The third kappa shape index (κ3) is 5.82. The Balaban J connectivity index is 0. The van der Waals surface area contributed by atoms with Crippen LogP contribution in [0.15, 0.2) is 18.2 Å². The summed E-state index contributed by atoms with van der Waals surface area (Å²) in [5, 5.41) is 17.9. The van der Waals surface area contributed by atoms with E-state index in [0.29, 0.717) is 0 Å². The second kappa shape index (κ2) is 10.3. The van der Waals surface area contributed by atoms with Crippen molar-refractivity contribution in [3.63, 3.8) is 0 Å². The number of hydrogen-bond donors (Lipinski definition) is 2. The molecule has 0 spiro atoms. The van der Waals surface area contributed by atoms with Gasteiger partial charge >= 0.3 is 0 Å². The number of phenols is 2. The molecule has 0 aromatic heterocycles. The summed E-state index contributed by atoms with van der Waals surface area (Å²) in [6, 6.07) is 4.79. The monoisotopic (exact) mass is 216 g/mol. The molecule has 2 nitrogen and oxygen atoms in total. The lowest BCUT2D eigenvalue weighted by molar-refractivity contribution is 0.403. The van der Waals surface area contributed by atoms with Crippen LogP contribution in [0.5, 0.6) is 11.5 Å². The van der Waals surface area contributed by atoms with Crippen LogP contribution in [0, 0.1) is 0 Å². The summed E-state index contributed by atoms with van der Waals surface area (Å²) in [5.74, 6) is -0.123. The second-order valence-corrected chi connectivity index (χ2v) is 2.44. The highest BCUT2D eigenvalue weighted by atomic mass is 31.0. The number of rotatable bonds is 1. The lowest BCUT2D eigenvalue weighted by Gasteiger charge is -1.98. The smallest absolute Gasteiger partial charge is 0.157 e. The van der Waals surface area contributed by atoms with E-state index < -0.39 is 0 Å². The van der Waals surface area contributed by atoms with E-state index in [0.717, 1.165) is 11.7 Å². The Morgan fingerprint density at radius 3 is 1.86 bits per heavy atom. The molecule has 1 rings (SSSR count). The summed E-state index contributed by atoms with van der Waals surface area (Å²) < 4.78 is 0. The van der Waals surface area contributed by atoms with Crippen LogP contribution in [-0.4, -0.2) is 10.2 Å². The summed E-state index contributed by atoms with van der Waals surface area (Å²) >= 11 is 0. The van der Waals surface area contributed by atoms with E-state index in [1.165, 1.54) is 6.07 Å². The Kier molecular flexibility index (Phi) is 11.6. The summed E-state index contributed by atoms with van der Waals surface area (Å²) in [5.41, 5.74) is 0.986. The molecule has 1 aromatic carbocycles. The maximum Gasteiger partial charge on any atom is 0.157 e. The molecule has 0 aliphatic rings. The van der Waals surface area contributed by atoms with Gasteiger partial charge in [-0.15, -0.1) is 9.24 Å². The number of benzene rings is 1. The van der Waals surface area contributed by atoms with Gasteiger partial charge in [-0.1, -0.05) is 33.8 Å². The molecular formula is C11H21O2P. The Morgan fingerprint density at radius 1 is 1.00 bits per heavy atom. The van der Waals surface area contributed by atoms with E-state index in [2.05, 4.69) is 9.24 Å². The molecular weight excluding hydrogens is 195 g/mol. The molecule has 1 unspecified atom stereocenters. The standard InChI is InChI=1S/C7H9O2P.2C2H6/c8-6-2-1-5(4-10)3-7(6)9;2*1-2/h1-3,8-9H,4,10H2;2*1-2H3. The van der Waals surface area contributed by atoms with Gasteiger partial charge in [-0.2, -0.15) is 0 Å². The van der Waals surface area contributed by atoms with Crippen LogP contribution in [0.4, 0.5) is 0 Å². The van der Waals surface area contributed by atoms with Crippen LogP contribution in [0.1, 0.15) is 33.3 Å². The van der Waals surface area contributed by atoms with Crippen LogP contribution < -0.4 is 0 Å². The fourth-order valence-electron chi connectivity index (χ4n) is 0.696. The molecule has 0 saturated carbocycles. The van der Waals surface area contributed by atoms with Crippen molar-refractivity contribution in [2.24, 2.45) is 0 Å². The molecule has 1 aromatic rings. The van der Waals surface area contributed by atoms with Crippen molar-refractivity contribution in [1.82, 2.24) is 0 Å². The van der Waals surface area contributed by atoms with E-state index >= 15 is 0 Å². The van der Waals surface area contributed by atoms with Gasteiger partial charge in [0.1, 0.15) is 0 Å². The Labute approximate surface area is 89.2 Å². The maximum atomic E-state index is 8.97. The SMILES string of the molecule is CC.CC.Oc1ccc(CP)cc1O. The van der Waals surface area contributed by atoms with Crippen molar-refractivity contribution in [1.29, 1.82) is 0 Å². The molecule has 1 atom stereocenters. The van der Waals surface area contributed by atoms with E-state index in [-0.39, 0.29) is 11.5 Å². The van der Waals surface area contributed by atoms with Crippen LogP contribution in [0.25, 0.3) is 0 Å². The van der Waals surface area contributed by atoms with Crippen molar-refractivity contribution >= 4 is 9.24 Å². The van der Waals surface area contributed by atoms with Gasteiger partial charge in [0.2, 0.25) is 0 Å². The van der Waals surface area contributed by atoms with E-state index in [9.17, 15) is 0 Å². The van der Waals surface area contributed by atoms with Crippen LogP contribution >= 0.6 is 9.24 Å². The Bertz CT molecular complexity index is 237. The van der Waals surface area contributed by atoms with Crippen LogP contribution in [0.2, 0.25) is 0 Å². The fourth-order valence-corrected chi connectivity index (χ4v) is 0.950. The quantitative estimate of drug-likeness (QED) is 0.557. The van der Waals surface area contributed by atoms with Crippen molar-refractivity contribution in [2.75, 3.05) is 0 Å². The molecule has 2 N–H and O–H groups in total. The molecule has 0 aliphatic heterocycles. The normalized spacial score (nSPS) is 7.79. The molecule has 0 heterocycles. The zero-order valence-corrected chi connectivity index (χ0v) is 10.6. The highest BCUT2D eigenvalue weighted by Gasteiger charge is 1.97. The first-order valence-electron chi connectivity index (χ1n) is 4.95. The summed E-state index contributed by atoms with van der Waals surface area (Å²) in [6.07, 6.45) is 0.786. The van der Waals surface area contributed by atoms with Gasteiger partial charge in [0.05, 0.1) is 0 Å². The molecule has 82 valence electrons. The van der Waals surface area contributed by atoms with Gasteiger partial charge in [-0.25, -0.2) is 0 Å². The fraction of sp³-hybridized carbons (Fsp3) is 0.455. The molecule has 0 saturated heterocycles. The molecule has 3 heteroatoms. The third-order valence-corrected chi connectivity index (χ3v) is 1.75.